The highest BCUT2D eigenvalue weighted by atomic mass is 16.3. The van der Waals surface area contributed by atoms with Crippen LogP contribution in [0.3, 0.4) is 0 Å². The monoisotopic (exact) mass is 321 g/mol. The van der Waals surface area contributed by atoms with Gasteiger partial charge in [0.25, 0.3) is 0 Å². The molecule has 2 aromatic carbocycles. The Morgan fingerprint density at radius 1 is 1.08 bits per heavy atom. The highest BCUT2D eigenvalue weighted by molar-refractivity contribution is 5.92. The molecule has 1 aromatic heterocycles. The number of nitrogens with zero attached hydrogens (tertiary/aromatic N) is 4. The van der Waals surface area contributed by atoms with E-state index in [2.05, 4.69) is 20.2 Å². The van der Waals surface area contributed by atoms with E-state index in [4.69, 9.17) is 9.95 Å². The standard InChI is InChI=1S/C17H15N5O2/c18-21-20-11-1-3-13-15(9-11)24-16-10-12(2-4-14(16)17(13)23)22-7-5-19-6-8-22/h1-4,9-10,19H,5-8H2. The van der Waals surface area contributed by atoms with Gasteiger partial charge >= 0.3 is 0 Å². The fourth-order valence-corrected chi connectivity index (χ4v) is 3.06. The van der Waals surface area contributed by atoms with Gasteiger partial charge in [-0.3, -0.25) is 4.79 Å². The molecule has 24 heavy (non-hydrogen) atoms. The molecule has 0 atom stereocenters. The third-order valence-electron chi connectivity index (χ3n) is 4.28. The Kier molecular flexibility index (Phi) is 3.57. The lowest BCUT2D eigenvalue weighted by Gasteiger charge is -2.29. The first-order valence-corrected chi connectivity index (χ1v) is 7.78. The molecular weight excluding hydrogens is 306 g/mol. The van der Waals surface area contributed by atoms with Crippen molar-refractivity contribution in [3.63, 3.8) is 0 Å². The Morgan fingerprint density at radius 3 is 2.54 bits per heavy atom. The molecule has 1 saturated heterocycles. The van der Waals surface area contributed by atoms with Crippen LogP contribution in [-0.4, -0.2) is 26.2 Å². The van der Waals surface area contributed by atoms with Gasteiger partial charge in [0.1, 0.15) is 11.2 Å². The molecule has 3 aromatic rings. The molecule has 120 valence electrons. The third kappa shape index (κ3) is 2.46. The van der Waals surface area contributed by atoms with Crippen LogP contribution in [0.15, 0.2) is 50.7 Å². The average molecular weight is 321 g/mol. The molecule has 0 aliphatic carbocycles. The average Bonchev–Trinajstić information content (AvgIpc) is 2.62. The second-order valence-corrected chi connectivity index (χ2v) is 5.72. The van der Waals surface area contributed by atoms with E-state index in [1.807, 2.05) is 18.2 Å². The predicted molar refractivity (Wildman–Crippen MR) is 93.9 cm³/mol. The first-order valence-electron chi connectivity index (χ1n) is 7.78. The molecule has 1 fully saturated rings. The van der Waals surface area contributed by atoms with Crippen molar-refractivity contribution in [1.82, 2.24) is 5.32 Å². The zero-order valence-electron chi connectivity index (χ0n) is 12.9. The van der Waals surface area contributed by atoms with Crippen molar-refractivity contribution in [2.75, 3.05) is 31.1 Å². The summed E-state index contributed by atoms with van der Waals surface area (Å²) in [4.78, 5) is 17.7. The number of anilines is 1. The van der Waals surface area contributed by atoms with Crippen molar-refractivity contribution >= 4 is 33.3 Å². The maximum Gasteiger partial charge on any atom is 0.200 e. The number of benzene rings is 2. The summed E-state index contributed by atoms with van der Waals surface area (Å²) >= 11 is 0. The van der Waals surface area contributed by atoms with E-state index in [1.165, 1.54) is 0 Å². The lowest BCUT2D eigenvalue weighted by atomic mass is 10.1. The molecule has 0 saturated carbocycles. The first-order chi connectivity index (χ1) is 11.8. The fraction of sp³-hybridized carbons (Fsp3) is 0.235. The Balaban J connectivity index is 1.90. The summed E-state index contributed by atoms with van der Waals surface area (Å²) < 4.78 is 5.92. The van der Waals surface area contributed by atoms with Crippen LogP contribution in [-0.2, 0) is 0 Å². The number of rotatable bonds is 2. The molecule has 4 rings (SSSR count). The van der Waals surface area contributed by atoms with E-state index in [0.717, 1.165) is 31.9 Å². The lowest BCUT2D eigenvalue weighted by Crippen LogP contribution is -2.43. The molecular formula is C17H15N5O2. The first kappa shape index (κ1) is 14.6. The number of azide groups is 1. The van der Waals surface area contributed by atoms with Crippen LogP contribution in [0, 0.1) is 0 Å². The van der Waals surface area contributed by atoms with Crippen molar-refractivity contribution in [3.8, 4) is 0 Å². The van der Waals surface area contributed by atoms with Crippen LogP contribution >= 0.6 is 0 Å². The van der Waals surface area contributed by atoms with Crippen molar-refractivity contribution in [1.29, 1.82) is 0 Å². The molecule has 1 aliphatic heterocycles. The van der Waals surface area contributed by atoms with Crippen molar-refractivity contribution < 1.29 is 4.42 Å². The van der Waals surface area contributed by atoms with Gasteiger partial charge in [-0.05, 0) is 29.8 Å². The molecule has 0 bridgehead atoms. The minimum Gasteiger partial charge on any atom is -0.456 e. The zero-order valence-corrected chi connectivity index (χ0v) is 12.9. The second-order valence-electron chi connectivity index (χ2n) is 5.72. The molecule has 0 radical (unpaired) electrons. The van der Waals surface area contributed by atoms with Crippen LogP contribution < -0.4 is 15.6 Å². The quantitative estimate of drug-likeness (QED) is 0.339. The summed E-state index contributed by atoms with van der Waals surface area (Å²) in [6.45, 7) is 3.72. The Labute approximate surface area is 137 Å². The van der Waals surface area contributed by atoms with Gasteiger partial charge in [0.2, 0.25) is 5.43 Å². The van der Waals surface area contributed by atoms with Gasteiger partial charge in [-0.2, -0.15) is 0 Å². The number of hydrogen-bond acceptors (Lipinski definition) is 5. The molecule has 7 nitrogen and oxygen atoms in total. The van der Waals surface area contributed by atoms with Gasteiger partial charge in [-0.25, -0.2) is 0 Å². The molecule has 0 amide bonds. The topological polar surface area (TPSA) is 94.2 Å². The minimum absolute atomic E-state index is 0.0781. The minimum atomic E-state index is -0.0781. The largest absolute Gasteiger partial charge is 0.456 e. The lowest BCUT2D eigenvalue weighted by molar-refractivity contribution is 0.588. The summed E-state index contributed by atoms with van der Waals surface area (Å²) in [6.07, 6.45) is 0. The molecule has 7 heteroatoms. The predicted octanol–water partition coefficient (Wildman–Crippen LogP) is 3.30. The Bertz CT molecular complexity index is 1030. The maximum absolute atomic E-state index is 12.7. The molecule has 1 aliphatic rings. The van der Waals surface area contributed by atoms with Crippen LogP contribution in [0.1, 0.15) is 0 Å². The van der Waals surface area contributed by atoms with Gasteiger partial charge in [0, 0.05) is 48.5 Å². The highest BCUT2D eigenvalue weighted by Gasteiger charge is 2.13. The smallest absolute Gasteiger partial charge is 0.200 e. The van der Waals surface area contributed by atoms with Crippen molar-refractivity contribution in [3.05, 3.63) is 57.1 Å². The molecule has 2 heterocycles. The number of fused-ring (bicyclic) bond motifs is 2. The third-order valence-corrected chi connectivity index (χ3v) is 4.28. The Hall–Kier alpha value is -3.02. The van der Waals surface area contributed by atoms with Crippen LogP contribution in [0.25, 0.3) is 32.4 Å². The van der Waals surface area contributed by atoms with E-state index in [-0.39, 0.29) is 5.43 Å². The fourth-order valence-electron chi connectivity index (χ4n) is 3.06. The van der Waals surface area contributed by atoms with Gasteiger partial charge in [-0.15, -0.1) is 0 Å². The maximum atomic E-state index is 12.7. The Morgan fingerprint density at radius 2 is 1.79 bits per heavy atom. The highest BCUT2D eigenvalue weighted by Crippen LogP contribution is 2.26. The number of nitrogens with one attached hydrogen (secondary N) is 1. The molecule has 0 spiro atoms. The van der Waals surface area contributed by atoms with E-state index in [1.54, 1.807) is 18.2 Å². The summed E-state index contributed by atoms with van der Waals surface area (Å²) in [5.41, 5.74) is 10.9. The SMILES string of the molecule is [N-]=[N+]=Nc1ccc2c(=O)c3ccc(N4CCNCC4)cc3oc2c1. The van der Waals surface area contributed by atoms with E-state index in [0.29, 0.717) is 27.6 Å². The molecule has 0 unspecified atom stereocenters. The normalized spacial score (nSPS) is 14.8. The number of piperazine rings is 1. The van der Waals surface area contributed by atoms with Crippen molar-refractivity contribution in [2.24, 2.45) is 5.11 Å². The van der Waals surface area contributed by atoms with Gasteiger partial charge < -0.3 is 14.6 Å². The second kappa shape index (κ2) is 5.88. The van der Waals surface area contributed by atoms with E-state index >= 15 is 0 Å². The van der Waals surface area contributed by atoms with Crippen LogP contribution in [0.2, 0.25) is 0 Å². The van der Waals surface area contributed by atoms with Crippen LogP contribution in [0.5, 0.6) is 0 Å². The van der Waals surface area contributed by atoms with Gasteiger partial charge in [0.15, 0.2) is 0 Å². The zero-order chi connectivity index (χ0) is 16.5. The summed E-state index contributed by atoms with van der Waals surface area (Å²) in [7, 11) is 0. The summed E-state index contributed by atoms with van der Waals surface area (Å²) in [6, 6.07) is 10.5. The van der Waals surface area contributed by atoms with E-state index < -0.39 is 0 Å². The van der Waals surface area contributed by atoms with Crippen LogP contribution in [0.4, 0.5) is 11.4 Å². The van der Waals surface area contributed by atoms with Crippen molar-refractivity contribution in [2.45, 2.75) is 0 Å². The van der Waals surface area contributed by atoms with E-state index in [9.17, 15) is 4.79 Å². The van der Waals surface area contributed by atoms with Gasteiger partial charge in [0.05, 0.1) is 10.8 Å². The molecule has 1 N–H and O–H groups in total. The number of hydrogen-bond donors (Lipinski definition) is 1. The van der Waals surface area contributed by atoms with Gasteiger partial charge in [-0.1, -0.05) is 11.2 Å². The summed E-state index contributed by atoms with van der Waals surface area (Å²) in [5.74, 6) is 0. The summed E-state index contributed by atoms with van der Waals surface area (Å²) in [5, 5.41) is 7.91.